The average Bonchev–Trinajstić information content (AvgIpc) is 2.60. The van der Waals surface area contributed by atoms with Gasteiger partial charge in [0.2, 0.25) is 0 Å². The molecule has 0 aliphatic carbocycles. The van der Waals surface area contributed by atoms with E-state index < -0.39 is 23.9 Å². The van der Waals surface area contributed by atoms with Crippen LogP contribution in [0.3, 0.4) is 0 Å². The summed E-state index contributed by atoms with van der Waals surface area (Å²) in [6.45, 7) is 5.21. The van der Waals surface area contributed by atoms with Gasteiger partial charge in [-0.3, -0.25) is 10.1 Å². The van der Waals surface area contributed by atoms with Crippen molar-refractivity contribution in [1.29, 1.82) is 0 Å². The van der Waals surface area contributed by atoms with Crippen molar-refractivity contribution < 1.29 is 9.53 Å². The first-order chi connectivity index (χ1) is 8.38. The highest BCUT2D eigenvalue weighted by Crippen LogP contribution is 2.23. The lowest BCUT2D eigenvalue weighted by molar-refractivity contribution is -0.159. The number of hydrogen-bond acceptors (Lipinski definition) is 5. The molecule has 1 aliphatic heterocycles. The Morgan fingerprint density at radius 1 is 1.33 bits per heavy atom. The smallest absolute Gasteiger partial charge is 0.312 e. The van der Waals surface area contributed by atoms with E-state index in [1.54, 1.807) is 20.8 Å². The van der Waals surface area contributed by atoms with Crippen LogP contribution in [0.25, 0.3) is 20.9 Å². The molecule has 0 amide bonds. The van der Waals surface area contributed by atoms with Gasteiger partial charge in [-0.15, -0.1) is 0 Å². The third-order valence-electron chi connectivity index (χ3n) is 2.41. The summed E-state index contributed by atoms with van der Waals surface area (Å²) in [5.41, 5.74) is 16.2. The fraction of sp³-hybridized carbons (Fsp3) is 0.889. The number of rotatable bonds is 3. The molecule has 1 aliphatic rings. The average molecular weight is 253 g/mol. The molecule has 9 heteroatoms. The van der Waals surface area contributed by atoms with Crippen LogP contribution in [-0.2, 0) is 9.53 Å². The molecule has 1 N–H and O–H groups in total. The first kappa shape index (κ1) is 14.1. The fourth-order valence-electron chi connectivity index (χ4n) is 1.45. The highest BCUT2D eigenvalue weighted by molar-refractivity contribution is 5.75. The van der Waals surface area contributed by atoms with Crippen molar-refractivity contribution in [3.05, 3.63) is 20.9 Å². The van der Waals surface area contributed by atoms with E-state index in [4.69, 9.17) is 15.8 Å². The SMILES string of the molecule is CC(C)(C)C(=O)OC1CC(N=[N+]=[N-])C(N=[N+]=[N-])N1. The Hall–Kier alpha value is -1.95. The number of nitrogens with zero attached hydrogens (tertiary/aromatic N) is 6. The first-order valence-electron chi connectivity index (χ1n) is 5.44. The zero-order chi connectivity index (χ0) is 13.8. The van der Waals surface area contributed by atoms with E-state index in [-0.39, 0.29) is 12.4 Å². The molecule has 0 bridgehead atoms. The van der Waals surface area contributed by atoms with Gasteiger partial charge in [-0.25, -0.2) is 0 Å². The molecule has 0 aromatic carbocycles. The van der Waals surface area contributed by atoms with Crippen molar-refractivity contribution in [1.82, 2.24) is 5.32 Å². The van der Waals surface area contributed by atoms with E-state index in [0.29, 0.717) is 0 Å². The maximum absolute atomic E-state index is 11.7. The summed E-state index contributed by atoms with van der Waals surface area (Å²) in [4.78, 5) is 17.0. The lowest BCUT2D eigenvalue weighted by atomic mass is 9.97. The van der Waals surface area contributed by atoms with Crippen molar-refractivity contribution in [2.75, 3.05) is 0 Å². The van der Waals surface area contributed by atoms with Crippen LogP contribution in [0.5, 0.6) is 0 Å². The van der Waals surface area contributed by atoms with Crippen molar-refractivity contribution in [2.45, 2.75) is 45.6 Å². The van der Waals surface area contributed by atoms with Gasteiger partial charge in [0.05, 0.1) is 17.6 Å². The summed E-state index contributed by atoms with van der Waals surface area (Å²) in [6, 6.07) is -0.552. The molecule has 3 unspecified atom stereocenters. The molecule has 0 saturated carbocycles. The molecule has 0 spiro atoms. The summed E-state index contributed by atoms with van der Waals surface area (Å²) in [6.07, 6.45) is -1.01. The molecule has 9 nitrogen and oxygen atoms in total. The normalized spacial score (nSPS) is 26.9. The van der Waals surface area contributed by atoms with Crippen LogP contribution in [0.15, 0.2) is 10.2 Å². The Morgan fingerprint density at radius 2 is 1.94 bits per heavy atom. The van der Waals surface area contributed by atoms with E-state index in [2.05, 4.69) is 25.4 Å². The van der Waals surface area contributed by atoms with Crippen LogP contribution in [-0.4, -0.2) is 24.4 Å². The number of esters is 1. The van der Waals surface area contributed by atoms with Gasteiger partial charge < -0.3 is 4.74 Å². The summed E-state index contributed by atoms with van der Waals surface area (Å²) >= 11 is 0. The lowest BCUT2D eigenvalue weighted by Gasteiger charge is -2.20. The van der Waals surface area contributed by atoms with Crippen LogP contribution in [0.4, 0.5) is 0 Å². The maximum atomic E-state index is 11.7. The van der Waals surface area contributed by atoms with Crippen molar-refractivity contribution in [2.24, 2.45) is 15.6 Å². The molecule has 18 heavy (non-hydrogen) atoms. The summed E-state index contributed by atoms with van der Waals surface area (Å²) < 4.78 is 5.21. The van der Waals surface area contributed by atoms with Gasteiger partial charge in [-0.05, 0) is 31.8 Å². The number of hydrogen-bond donors (Lipinski definition) is 1. The predicted octanol–water partition coefficient (Wildman–Crippen LogP) is 2.21. The van der Waals surface area contributed by atoms with Crippen LogP contribution < -0.4 is 5.32 Å². The second-order valence-electron chi connectivity index (χ2n) is 4.97. The van der Waals surface area contributed by atoms with Gasteiger partial charge in [0.15, 0.2) is 6.23 Å². The van der Waals surface area contributed by atoms with Gasteiger partial charge in [0.1, 0.15) is 0 Å². The predicted molar refractivity (Wildman–Crippen MR) is 63.0 cm³/mol. The Labute approximate surface area is 104 Å². The van der Waals surface area contributed by atoms with Gasteiger partial charge >= 0.3 is 5.97 Å². The maximum Gasteiger partial charge on any atom is 0.312 e. The molecule has 1 fully saturated rings. The van der Waals surface area contributed by atoms with Gasteiger partial charge in [-0.2, -0.15) is 0 Å². The highest BCUT2D eigenvalue weighted by Gasteiger charge is 2.36. The third kappa shape index (κ3) is 3.53. The Kier molecular flexibility index (Phi) is 4.38. The molecular formula is C9H15N7O2. The molecule has 0 aromatic rings. The van der Waals surface area contributed by atoms with Gasteiger partial charge in [-0.1, -0.05) is 10.2 Å². The number of carbonyl (C=O) groups excluding carboxylic acids is 1. The standard InChI is InChI=1S/C9H15N7O2/c1-9(2,3)8(17)18-6-4-5(13-15-10)7(12-6)14-16-11/h5-7,12H,4H2,1-3H3. The molecule has 0 aromatic heterocycles. The minimum atomic E-state index is -0.691. The summed E-state index contributed by atoms with van der Waals surface area (Å²) in [5, 5.41) is 9.76. The molecule has 0 radical (unpaired) electrons. The molecule has 1 saturated heterocycles. The Balaban J connectivity index is 2.69. The van der Waals surface area contributed by atoms with Crippen molar-refractivity contribution in [3.63, 3.8) is 0 Å². The summed E-state index contributed by atoms with van der Waals surface area (Å²) in [7, 11) is 0. The number of nitrogens with one attached hydrogen (secondary N) is 1. The minimum absolute atomic E-state index is 0.287. The van der Waals surface area contributed by atoms with Gasteiger partial charge in [0, 0.05) is 16.2 Å². The third-order valence-corrected chi connectivity index (χ3v) is 2.41. The molecular weight excluding hydrogens is 238 g/mol. The van der Waals surface area contributed by atoms with Crippen LogP contribution >= 0.6 is 0 Å². The molecule has 1 heterocycles. The molecule has 1 rings (SSSR count). The van der Waals surface area contributed by atoms with Crippen molar-refractivity contribution >= 4 is 5.97 Å². The Morgan fingerprint density at radius 3 is 2.44 bits per heavy atom. The minimum Gasteiger partial charge on any atom is -0.446 e. The topological polar surface area (TPSA) is 136 Å². The van der Waals surface area contributed by atoms with E-state index in [9.17, 15) is 4.79 Å². The fourth-order valence-corrected chi connectivity index (χ4v) is 1.45. The van der Waals surface area contributed by atoms with Crippen LogP contribution in [0.2, 0.25) is 0 Å². The zero-order valence-corrected chi connectivity index (χ0v) is 10.4. The second kappa shape index (κ2) is 5.59. The largest absolute Gasteiger partial charge is 0.446 e. The zero-order valence-electron chi connectivity index (χ0n) is 10.4. The highest BCUT2D eigenvalue weighted by atomic mass is 16.6. The molecule has 98 valence electrons. The van der Waals surface area contributed by atoms with E-state index in [1.165, 1.54) is 0 Å². The quantitative estimate of drug-likeness (QED) is 0.357. The second-order valence-corrected chi connectivity index (χ2v) is 4.97. The Bertz CT molecular complexity index is 391. The first-order valence-corrected chi connectivity index (χ1v) is 5.44. The van der Waals surface area contributed by atoms with Gasteiger partial charge in [0.25, 0.3) is 0 Å². The lowest BCUT2D eigenvalue weighted by Crippen LogP contribution is -2.36. The number of carbonyl (C=O) groups is 1. The molecule has 3 atom stereocenters. The number of azide groups is 2. The van der Waals surface area contributed by atoms with E-state index >= 15 is 0 Å². The monoisotopic (exact) mass is 253 g/mol. The van der Waals surface area contributed by atoms with Crippen molar-refractivity contribution in [3.8, 4) is 0 Å². The van der Waals surface area contributed by atoms with E-state index in [1.807, 2.05) is 0 Å². The summed E-state index contributed by atoms with van der Waals surface area (Å²) in [5.74, 6) is -0.374. The number of ether oxygens (including phenoxy) is 1. The van der Waals surface area contributed by atoms with Crippen LogP contribution in [0, 0.1) is 5.41 Å². The van der Waals surface area contributed by atoms with Crippen LogP contribution in [0.1, 0.15) is 27.2 Å². The van der Waals surface area contributed by atoms with E-state index in [0.717, 1.165) is 0 Å².